The second-order valence-corrected chi connectivity index (χ2v) is 3.58. The molecule has 0 radical (unpaired) electrons. The normalized spacial score (nSPS) is 16.0. The van der Waals surface area contributed by atoms with Gasteiger partial charge in [-0.15, -0.1) is 0 Å². The number of esters is 1. The third kappa shape index (κ3) is 3.99. The van der Waals surface area contributed by atoms with E-state index in [4.69, 9.17) is 4.84 Å². The summed E-state index contributed by atoms with van der Waals surface area (Å²) < 4.78 is 4.69. The van der Waals surface area contributed by atoms with Gasteiger partial charge in [-0.1, -0.05) is 21.1 Å². The zero-order valence-electron chi connectivity index (χ0n) is 8.36. The number of rotatable bonds is 6. The van der Waals surface area contributed by atoms with E-state index in [2.05, 4.69) is 25.8 Å². The van der Waals surface area contributed by atoms with Crippen LogP contribution in [-0.4, -0.2) is 35.5 Å². The van der Waals surface area contributed by atoms with Gasteiger partial charge in [0.15, 0.2) is 0 Å². The number of carbonyl (C=O) groups excluding carboxylic acids is 2. The van der Waals surface area contributed by atoms with Gasteiger partial charge in [0.25, 0.3) is 0 Å². The number of alkyl halides is 1. The Labute approximate surface area is 95.9 Å². The first-order valence-corrected chi connectivity index (χ1v) is 5.81. The minimum atomic E-state index is -0.734. The molecular formula is C9H12BrNO4. The van der Waals surface area contributed by atoms with Crippen LogP contribution >= 0.6 is 15.9 Å². The second kappa shape index (κ2) is 5.85. The maximum atomic E-state index is 11.3. The number of carbonyl (C=O) groups is 2. The predicted octanol–water partition coefficient (Wildman–Crippen LogP) is 1.05. The summed E-state index contributed by atoms with van der Waals surface area (Å²) in [5, 5.41) is 3.56. The molecule has 0 atom stereocenters. The highest BCUT2D eigenvalue weighted by Gasteiger charge is 2.27. The van der Waals surface area contributed by atoms with E-state index in [9.17, 15) is 9.59 Å². The molecule has 0 bridgehead atoms. The van der Waals surface area contributed by atoms with Gasteiger partial charge in [-0.3, -0.25) is 4.79 Å². The predicted molar refractivity (Wildman–Crippen MR) is 57.0 cm³/mol. The number of nitrogens with zero attached hydrogens (tertiary/aromatic N) is 1. The fraction of sp³-hybridized carbons (Fsp3) is 0.667. The van der Waals surface area contributed by atoms with Crippen LogP contribution in [-0.2, 0) is 19.2 Å². The summed E-state index contributed by atoms with van der Waals surface area (Å²) in [5.74, 6) is -1.17. The molecule has 0 aliphatic heterocycles. The number of hydrogen-bond donors (Lipinski definition) is 0. The molecule has 84 valence electrons. The summed E-state index contributed by atoms with van der Waals surface area (Å²) in [4.78, 5) is 27.6. The molecule has 0 spiro atoms. The van der Waals surface area contributed by atoms with E-state index < -0.39 is 11.8 Å². The summed E-state index contributed by atoms with van der Waals surface area (Å²) in [6.07, 6.45) is 1.89. The topological polar surface area (TPSA) is 65.0 Å². The van der Waals surface area contributed by atoms with Gasteiger partial charge in [0.2, 0.25) is 11.5 Å². The van der Waals surface area contributed by atoms with E-state index in [0.29, 0.717) is 0 Å². The zero-order chi connectivity index (χ0) is 11.3. The highest BCUT2D eigenvalue weighted by atomic mass is 79.9. The number of Topliss-reactive ketones (excluding diaryl/α,β-unsaturated/α-hetero) is 1. The molecule has 15 heavy (non-hydrogen) atoms. The van der Waals surface area contributed by atoms with Crippen molar-refractivity contribution < 1.29 is 19.2 Å². The highest BCUT2D eigenvalue weighted by molar-refractivity contribution is 9.09. The van der Waals surface area contributed by atoms with Crippen LogP contribution in [0, 0.1) is 0 Å². The van der Waals surface area contributed by atoms with Gasteiger partial charge < -0.3 is 9.57 Å². The molecule has 0 aromatic heterocycles. The first-order chi connectivity index (χ1) is 7.19. The van der Waals surface area contributed by atoms with Gasteiger partial charge in [-0.25, -0.2) is 4.79 Å². The van der Waals surface area contributed by atoms with Crippen LogP contribution < -0.4 is 0 Å². The molecule has 1 aliphatic rings. The Kier molecular flexibility index (Phi) is 4.74. The summed E-state index contributed by atoms with van der Waals surface area (Å²) in [5.41, 5.74) is -0.277. The molecule has 0 aromatic carbocycles. The van der Waals surface area contributed by atoms with Gasteiger partial charge in [0.05, 0.1) is 11.9 Å². The van der Waals surface area contributed by atoms with Crippen LogP contribution in [0.3, 0.4) is 0 Å². The van der Waals surface area contributed by atoms with E-state index in [1.165, 1.54) is 0 Å². The zero-order valence-corrected chi connectivity index (χ0v) is 9.95. The smallest absolute Gasteiger partial charge is 0.364 e. The Bertz CT molecular complexity index is 286. The van der Waals surface area contributed by atoms with E-state index in [1.54, 1.807) is 6.92 Å². The van der Waals surface area contributed by atoms with Gasteiger partial charge in [-0.05, 0) is 19.8 Å². The molecule has 0 amide bonds. The van der Waals surface area contributed by atoms with E-state index in [1.807, 2.05) is 0 Å². The summed E-state index contributed by atoms with van der Waals surface area (Å²) in [7, 11) is 0. The van der Waals surface area contributed by atoms with Gasteiger partial charge >= 0.3 is 5.97 Å². The summed E-state index contributed by atoms with van der Waals surface area (Å²) in [6, 6.07) is 0. The molecule has 0 aromatic rings. The van der Waals surface area contributed by atoms with Crippen LogP contribution in [0.4, 0.5) is 0 Å². The van der Waals surface area contributed by atoms with Crippen molar-refractivity contribution >= 4 is 33.4 Å². The fourth-order valence-corrected chi connectivity index (χ4v) is 1.03. The molecule has 6 heteroatoms. The van der Waals surface area contributed by atoms with Crippen LogP contribution in [0.2, 0.25) is 0 Å². The monoisotopic (exact) mass is 277 g/mol. The maximum Gasteiger partial charge on any atom is 0.364 e. The number of ketones is 1. The lowest BCUT2D eigenvalue weighted by atomic mass is 10.3. The third-order valence-corrected chi connectivity index (χ3v) is 2.18. The molecule has 0 saturated heterocycles. The first kappa shape index (κ1) is 12.2. The largest absolute Gasteiger partial charge is 0.461 e. The summed E-state index contributed by atoms with van der Waals surface area (Å²) >= 11 is 2.96. The minimum Gasteiger partial charge on any atom is -0.461 e. The lowest BCUT2D eigenvalue weighted by Gasteiger charge is -2.03. The standard InChI is InChI=1S/C9H12BrNO4/c1-2-14-9(13)8(7(12)5-10)11-15-6-3-4-6/h6H,2-5H2,1H3/b11-8+. The van der Waals surface area contributed by atoms with Crippen molar-refractivity contribution in [2.24, 2.45) is 5.16 Å². The van der Waals surface area contributed by atoms with Crippen molar-refractivity contribution in [1.82, 2.24) is 0 Å². The minimum absolute atomic E-state index is 0.0265. The second-order valence-electron chi connectivity index (χ2n) is 3.02. The van der Waals surface area contributed by atoms with Crippen molar-refractivity contribution in [3.05, 3.63) is 0 Å². The lowest BCUT2D eigenvalue weighted by Crippen LogP contribution is -2.27. The van der Waals surface area contributed by atoms with E-state index in [0.717, 1.165) is 12.8 Å². The average molecular weight is 278 g/mol. The number of oxime groups is 1. The van der Waals surface area contributed by atoms with Crippen molar-refractivity contribution in [3.8, 4) is 0 Å². The van der Waals surface area contributed by atoms with Crippen LogP contribution in [0.15, 0.2) is 5.16 Å². The van der Waals surface area contributed by atoms with E-state index >= 15 is 0 Å². The van der Waals surface area contributed by atoms with Gasteiger partial charge in [-0.2, -0.15) is 0 Å². The molecule has 1 fully saturated rings. The molecule has 0 N–H and O–H groups in total. The number of halogens is 1. The Hall–Kier alpha value is -0.910. The van der Waals surface area contributed by atoms with Crippen molar-refractivity contribution in [2.75, 3.05) is 11.9 Å². The summed E-state index contributed by atoms with van der Waals surface area (Å²) in [6.45, 7) is 1.87. The number of hydrogen-bond acceptors (Lipinski definition) is 5. The van der Waals surface area contributed by atoms with Crippen LogP contribution in [0.25, 0.3) is 0 Å². The Morgan fingerprint density at radius 2 is 2.13 bits per heavy atom. The quantitative estimate of drug-likeness (QED) is 0.239. The Morgan fingerprint density at radius 3 is 2.60 bits per heavy atom. The SMILES string of the molecule is CCOC(=O)/C(=N/OC1CC1)C(=O)CBr. The molecule has 0 unspecified atom stereocenters. The Morgan fingerprint density at radius 1 is 1.47 bits per heavy atom. The molecular weight excluding hydrogens is 266 g/mol. The van der Waals surface area contributed by atoms with Crippen LogP contribution in [0.1, 0.15) is 19.8 Å². The molecule has 1 aliphatic carbocycles. The average Bonchev–Trinajstić information content (AvgIpc) is 3.02. The number of ether oxygens (including phenoxy) is 1. The highest BCUT2D eigenvalue weighted by Crippen LogP contribution is 2.23. The van der Waals surface area contributed by atoms with Crippen molar-refractivity contribution in [2.45, 2.75) is 25.9 Å². The molecule has 1 saturated carbocycles. The fourth-order valence-electron chi connectivity index (χ4n) is 0.765. The Balaban J connectivity index is 2.61. The third-order valence-electron chi connectivity index (χ3n) is 1.67. The van der Waals surface area contributed by atoms with E-state index in [-0.39, 0.29) is 23.8 Å². The van der Waals surface area contributed by atoms with Crippen molar-refractivity contribution in [3.63, 3.8) is 0 Å². The molecule has 1 rings (SSSR count). The first-order valence-electron chi connectivity index (χ1n) is 4.69. The maximum absolute atomic E-state index is 11.3. The van der Waals surface area contributed by atoms with Gasteiger partial charge in [0, 0.05) is 0 Å². The lowest BCUT2D eigenvalue weighted by molar-refractivity contribution is -0.135. The molecule has 5 nitrogen and oxygen atoms in total. The molecule has 0 heterocycles. The van der Waals surface area contributed by atoms with Crippen molar-refractivity contribution in [1.29, 1.82) is 0 Å². The van der Waals surface area contributed by atoms with Crippen LogP contribution in [0.5, 0.6) is 0 Å². The van der Waals surface area contributed by atoms with Gasteiger partial charge in [0.1, 0.15) is 6.10 Å².